The lowest BCUT2D eigenvalue weighted by molar-refractivity contribution is 0.317. The number of pyridine rings is 1. The van der Waals surface area contributed by atoms with Gasteiger partial charge in [0.15, 0.2) is 0 Å². The molecule has 0 aromatic carbocycles. The molecule has 1 atom stereocenters. The fraction of sp³-hybridized carbons (Fsp3) is 0.500. The molecule has 0 bridgehead atoms. The zero-order valence-electron chi connectivity index (χ0n) is 8.40. The van der Waals surface area contributed by atoms with E-state index in [1.807, 2.05) is 18.5 Å². The lowest BCUT2D eigenvalue weighted by Gasteiger charge is -2.18. The Morgan fingerprint density at radius 3 is 2.71 bits per heavy atom. The predicted molar refractivity (Wildman–Crippen MR) is 56.1 cm³/mol. The van der Waals surface area contributed by atoms with Crippen LogP contribution in [0.5, 0.6) is 0 Å². The summed E-state index contributed by atoms with van der Waals surface area (Å²) >= 11 is 0. The maximum Gasteiger partial charge on any atom is 0.0360 e. The first kappa shape index (κ1) is 13.0. The van der Waals surface area contributed by atoms with Crippen molar-refractivity contribution in [3.63, 3.8) is 0 Å². The van der Waals surface area contributed by atoms with Crippen LogP contribution in [0.3, 0.4) is 0 Å². The van der Waals surface area contributed by atoms with E-state index in [-0.39, 0.29) is 11.0 Å². The van der Waals surface area contributed by atoms with Crippen LogP contribution in [0, 0.1) is 0 Å². The Bertz CT molecular complexity index is 254. The van der Waals surface area contributed by atoms with Crippen LogP contribution in [0.1, 0.15) is 24.4 Å². The van der Waals surface area contributed by atoms with E-state index in [4.69, 9.17) is 0 Å². The van der Waals surface area contributed by atoms with Crippen molar-refractivity contribution in [1.82, 2.24) is 9.88 Å². The molecule has 80 valence electrons. The fourth-order valence-electron chi connectivity index (χ4n) is 1.90. The molecule has 1 saturated heterocycles. The number of rotatable bonds is 1. The summed E-state index contributed by atoms with van der Waals surface area (Å²) in [5.74, 6) is 0. The molecule has 14 heavy (non-hydrogen) atoms. The van der Waals surface area contributed by atoms with Gasteiger partial charge in [-0.05, 0) is 38.1 Å². The smallest absolute Gasteiger partial charge is 0.0360 e. The van der Waals surface area contributed by atoms with Gasteiger partial charge in [0.05, 0.1) is 0 Å². The standard InChI is InChI=1S/C10H14N2.2H2O/c1-12-7-3-5-10(12)9-4-2-6-11-8-9;;/h2,4,6,8,10H,3,5,7H2,1H3;2*1H2/t10-;;/m0../s1. The van der Waals surface area contributed by atoms with Crippen LogP contribution in [0.4, 0.5) is 0 Å². The molecule has 4 heteroatoms. The van der Waals surface area contributed by atoms with Crippen molar-refractivity contribution in [2.24, 2.45) is 0 Å². The van der Waals surface area contributed by atoms with E-state index in [0.29, 0.717) is 6.04 Å². The fourth-order valence-corrected chi connectivity index (χ4v) is 1.90. The number of likely N-dealkylation sites (tertiary alicyclic amines) is 1. The Labute approximate surface area is 84.2 Å². The molecular weight excluding hydrogens is 180 g/mol. The molecule has 1 aliphatic heterocycles. The average molecular weight is 198 g/mol. The Hall–Kier alpha value is -0.970. The Morgan fingerprint density at radius 2 is 2.21 bits per heavy atom. The molecule has 0 amide bonds. The van der Waals surface area contributed by atoms with Crippen LogP contribution in [-0.4, -0.2) is 34.4 Å². The van der Waals surface area contributed by atoms with Gasteiger partial charge in [0.2, 0.25) is 0 Å². The second kappa shape index (κ2) is 5.70. The summed E-state index contributed by atoms with van der Waals surface area (Å²) in [5, 5.41) is 0. The molecule has 0 saturated carbocycles. The molecule has 4 nitrogen and oxygen atoms in total. The van der Waals surface area contributed by atoms with E-state index < -0.39 is 0 Å². The van der Waals surface area contributed by atoms with Gasteiger partial charge in [-0.2, -0.15) is 0 Å². The van der Waals surface area contributed by atoms with Crippen LogP contribution in [0.25, 0.3) is 0 Å². The van der Waals surface area contributed by atoms with Crippen molar-refractivity contribution in [3.05, 3.63) is 30.1 Å². The minimum absolute atomic E-state index is 0. The second-order valence-electron chi connectivity index (χ2n) is 3.42. The molecule has 0 radical (unpaired) electrons. The molecule has 0 unspecified atom stereocenters. The summed E-state index contributed by atoms with van der Waals surface area (Å²) in [5.41, 5.74) is 1.36. The van der Waals surface area contributed by atoms with Gasteiger partial charge < -0.3 is 11.0 Å². The van der Waals surface area contributed by atoms with Crippen molar-refractivity contribution in [2.45, 2.75) is 18.9 Å². The SMILES string of the molecule is CN1CCC[C@H]1c1cccnc1.O.O. The van der Waals surface area contributed by atoms with Gasteiger partial charge >= 0.3 is 0 Å². The summed E-state index contributed by atoms with van der Waals surface area (Å²) < 4.78 is 0. The zero-order valence-corrected chi connectivity index (χ0v) is 8.40. The van der Waals surface area contributed by atoms with Gasteiger partial charge in [-0.15, -0.1) is 0 Å². The van der Waals surface area contributed by atoms with Gasteiger partial charge in [0.1, 0.15) is 0 Å². The average Bonchev–Trinajstić information content (AvgIpc) is 2.53. The van der Waals surface area contributed by atoms with E-state index in [9.17, 15) is 0 Å². The van der Waals surface area contributed by atoms with E-state index in [2.05, 4.69) is 23.0 Å². The van der Waals surface area contributed by atoms with Crippen LogP contribution < -0.4 is 0 Å². The van der Waals surface area contributed by atoms with Crippen LogP contribution in [0.15, 0.2) is 24.5 Å². The third-order valence-corrected chi connectivity index (χ3v) is 2.59. The first-order valence-electron chi connectivity index (χ1n) is 4.48. The Morgan fingerprint density at radius 1 is 1.43 bits per heavy atom. The largest absolute Gasteiger partial charge is 0.412 e. The monoisotopic (exact) mass is 198 g/mol. The van der Waals surface area contributed by atoms with Crippen LogP contribution >= 0.6 is 0 Å². The molecule has 0 aliphatic carbocycles. The normalized spacial score (nSPS) is 21.1. The summed E-state index contributed by atoms with van der Waals surface area (Å²) in [6, 6.07) is 4.79. The molecule has 1 aliphatic rings. The lowest BCUT2D eigenvalue weighted by atomic mass is 10.1. The molecule has 2 heterocycles. The van der Waals surface area contributed by atoms with Crippen LogP contribution in [0.2, 0.25) is 0 Å². The maximum absolute atomic E-state index is 4.14. The molecule has 4 N–H and O–H groups in total. The molecule has 0 spiro atoms. The predicted octanol–water partition coefficient (Wildman–Crippen LogP) is 0.199. The van der Waals surface area contributed by atoms with E-state index in [0.717, 1.165) is 0 Å². The molecule has 1 aromatic heterocycles. The number of nitrogens with zero attached hydrogens (tertiary/aromatic N) is 2. The van der Waals surface area contributed by atoms with Gasteiger partial charge in [0.25, 0.3) is 0 Å². The van der Waals surface area contributed by atoms with Gasteiger partial charge in [-0.3, -0.25) is 9.88 Å². The van der Waals surface area contributed by atoms with E-state index >= 15 is 0 Å². The lowest BCUT2D eigenvalue weighted by Crippen LogP contribution is -2.17. The highest BCUT2D eigenvalue weighted by molar-refractivity contribution is 5.14. The molecule has 1 fully saturated rings. The zero-order chi connectivity index (χ0) is 8.39. The summed E-state index contributed by atoms with van der Waals surface area (Å²) in [4.78, 5) is 6.54. The Balaban J connectivity index is 0.000000845. The van der Waals surface area contributed by atoms with Crippen molar-refractivity contribution in [2.75, 3.05) is 13.6 Å². The Kier molecular flexibility index (Phi) is 5.30. The van der Waals surface area contributed by atoms with Crippen LogP contribution in [-0.2, 0) is 0 Å². The van der Waals surface area contributed by atoms with Gasteiger partial charge in [0, 0.05) is 18.4 Å². The maximum atomic E-state index is 4.14. The second-order valence-corrected chi connectivity index (χ2v) is 3.42. The van der Waals surface area contributed by atoms with Crippen molar-refractivity contribution in [1.29, 1.82) is 0 Å². The highest BCUT2D eigenvalue weighted by Crippen LogP contribution is 2.29. The third-order valence-electron chi connectivity index (χ3n) is 2.59. The summed E-state index contributed by atoms with van der Waals surface area (Å²) in [6.45, 7) is 1.22. The minimum Gasteiger partial charge on any atom is -0.412 e. The first-order chi connectivity index (χ1) is 5.88. The topological polar surface area (TPSA) is 79.1 Å². The number of hydrogen-bond acceptors (Lipinski definition) is 2. The molecule has 2 rings (SSSR count). The van der Waals surface area contributed by atoms with Crippen molar-refractivity contribution >= 4 is 0 Å². The number of aromatic nitrogens is 1. The highest BCUT2D eigenvalue weighted by Gasteiger charge is 2.21. The first-order valence-corrected chi connectivity index (χ1v) is 4.48. The van der Waals surface area contributed by atoms with Crippen molar-refractivity contribution < 1.29 is 11.0 Å². The highest BCUT2D eigenvalue weighted by atomic mass is 16.0. The van der Waals surface area contributed by atoms with E-state index in [1.165, 1.54) is 24.9 Å². The summed E-state index contributed by atoms with van der Waals surface area (Å²) in [6.07, 6.45) is 6.41. The third kappa shape index (κ3) is 2.51. The minimum atomic E-state index is 0. The molecular formula is C10H18N2O2. The summed E-state index contributed by atoms with van der Waals surface area (Å²) in [7, 11) is 2.19. The number of hydrogen-bond donors (Lipinski definition) is 0. The quantitative estimate of drug-likeness (QED) is 0.646. The van der Waals surface area contributed by atoms with E-state index in [1.54, 1.807) is 0 Å². The van der Waals surface area contributed by atoms with Gasteiger partial charge in [-0.25, -0.2) is 0 Å². The van der Waals surface area contributed by atoms with Crippen molar-refractivity contribution in [3.8, 4) is 0 Å². The molecule has 1 aromatic rings. The van der Waals surface area contributed by atoms with Gasteiger partial charge in [-0.1, -0.05) is 6.07 Å².